The molecule has 1 heterocycles. The molecule has 0 aliphatic heterocycles. The molecule has 17 heavy (non-hydrogen) atoms. The van der Waals surface area contributed by atoms with Crippen molar-refractivity contribution in [1.82, 2.24) is 5.32 Å². The second-order valence-electron chi connectivity index (χ2n) is 3.93. The van der Waals surface area contributed by atoms with E-state index >= 15 is 0 Å². The van der Waals surface area contributed by atoms with Crippen LogP contribution in [0.1, 0.15) is 29.0 Å². The molecular formula is C14H14N2S. The van der Waals surface area contributed by atoms with E-state index in [2.05, 4.69) is 35.8 Å². The summed E-state index contributed by atoms with van der Waals surface area (Å²) in [5.41, 5.74) is 1.86. The molecule has 0 saturated heterocycles. The Morgan fingerprint density at radius 3 is 2.94 bits per heavy atom. The summed E-state index contributed by atoms with van der Waals surface area (Å²) < 4.78 is 0. The van der Waals surface area contributed by atoms with Crippen molar-refractivity contribution < 1.29 is 0 Å². The Bertz CT molecular complexity index is 511. The maximum atomic E-state index is 8.82. The van der Waals surface area contributed by atoms with Gasteiger partial charge in [-0.15, -0.1) is 11.3 Å². The van der Waals surface area contributed by atoms with Crippen LogP contribution < -0.4 is 5.32 Å². The summed E-state index contributed by atoms with van der Waals surface area (Å²) in [4.78, 5) is 1.33. The summed E-state index contributed by atoms with van der Waals surface area (Å²) in [7, 11) is 0. The van der Waals surface area contributed by atoms with E-state index in [-0.39, 0.29) is 0 Å². The number of benzene rings is 1. The van der Waals surface area contributed by atoms with Crippen LogP contribution in [0.25, 0.3) is 0 Å². The summed E-state index contributed by atoms with van der Waals surface area (Å²) in [6.07, 6.45) is 0. The Hall–Kier alpha value is -1.63. The van der Waals surface area contributed by atoms with Gasteiger partial charge in [-0.3, -0.25) is 0 Å². The fourth-order valence-electron chi connectivity index (χ4n) is 1.66. The number of nitrogens with zero attached hydrogens (tertiary/aromatic N) is 1. The molecule has 3 heteroatoms. The van der Waals surface area contributed by atoms with Crippen molar-refractivity contribution >= 4 is 11.3 Å². The van der Waals surface area contributed by atoms with Crippen LogP contribution >= 0.6 is 11.3 Å². The SMILES string of the molecule is C[C@H](NCc1cccc(C#N)c1)c1cccs1. The summed E-state index contributed by atoms with van der Waals surface area (Å²) >= 11 is 1.76. The van der Waals surface area contributed by atoms with Gasteiger partial charge in [0, 0.05) is 17.5 Å². The maximum Gasteiger partial charge on any atom is 0.0991 e. The summed E-state index contributed by atoms with van der Waals surface area (Å²) in [6.45, 7) is 2.94. The lowest BCUT2D eigenvalue weighted by molar-refractivity contribution is 0.583. The molecule has 0 fully saturated rings. The normalized spacial score (nSPS) is 12.0. The first-order valence-corrected chi connectivity index (χ1v) is 6.43. The monoisotopic (exact) mass is 242 g/mol. The van der Waals surface area contributed by atoms with Crippen molar-refractivity contribution in [2.45, 2.75) is 19.5 Å². The summed E-state index contributed by atoms with van der Waals surface area (Å²) in [5.74, 6) is 0. The minimum absolute atomic E-state index is 0.348. The first-order valence-electron chi connectivity index (χ1n) is 5.55. The molecule has 0 unspecified atom stereocenters. The lowest BCUT2D eigenvalue weighted by Gasteiger charge is -2.12. The Morgan fingerprint density at radius 2 is 2.24 bits per heavy atom. The standard InChI is InChI=1S/C14H14N2S/c1-11(14-6-3-7-17-14)16-10-13-5-2-4-12(8-13)9-15/h2-8,11,16H,10H2,1H3/t11-/m0/s1. The molecule has 86 valence electrons. The lowest BCUT2D eigenvalue weighted by Crippen LogP contribution is -2.17. The van der Waals surface area contributed by atoms with Crippen LogP contribution in [0.15, 0.2) is 41.8 Å². The van der Waals surface area contributed by atoms with Crippen molar-refractivity contribution in [3.63, 3.8) is 0 Å². The molecule has 0 radical (unpaired) electrons. The number of nitrogens with one attached hydrogen (secondary N) is 1. The van der Waals surface area contributed by atoms with E-state index in [0.717, 1.165) is 12.1 Å². The minimum Gasteiger partial charge on any atom is -0.305 e. The quantitative estimate of drug-likeness (QED) is 0.891. The molecule has 0 spiro atoms. The minimum atomic E-state index is 0.348. The largest absolute Gasteiger partial charge is 0.305 e. The van der Waals surface area contributed by atoms with Crippen LogP contribution in [0.3, 0.4) is 0 Å². The molecule has 0 aliphatic carbocycles. The molecule has 1 N–H and O–H groups in total. The van der Waals surface area contributed by atoms with E-state index in [9.17, 15) is 0 Å². The van der Waals surface area contributed by atoms with Crippen LogP contribution in [-0.2, 0) is 6.54 Å². The molecule has 0 aliphatic rings. The van der Waals surface area contributed by atoms with Gasteiger partial charge in [-0.2, -0.15) is 5.26 Å². The fraction of sp³-hybridized carbons (Fsp3) is 0.214. The smallest absolute Gasteiger partial charge is 0.0991 e. The van der Waals surface area contributed by atoms with Gasteiger partial charge in [0.25, 0.3) is 0 Å². The van der Waals surface area contributed by atoms with Gasteiger partial charge in [-0.25, -0.2) is 0 Å². The molecule has 0 saturated carbocycles. The van der Waals surface area contributed by atoms with Crippen molar-refractivity contribution in [1.29, 1.82) is 5.26 Å². The van der Waals surface area contributed by atoms with Gasteiger partial charge in [-0.1, -0.05) is 18.2 Å². The van der Waals surface area contributed by atoms with Gasteiger partial charge in [-0.05, 0) is 36.1 Å². The zero-order valence-electron chi connectivity index (χ0n) is 9.68. The van der Waals surface area contributed by atoms with Gasteiger partial charge in [0.15, 0.2) is 0 Å². The molecule has 0 amide bonds. The third-order valence-electron chi connectivity index (χ3n) is 2.64. The van der Waals surface area contributed by atoms with Gasteiger partial charge in [0.05, 0.1) is 11.6 Å². The second kappa shape index (κ2) is 5.62. The lowest BCUT2D eigenvalue weighted by atomic mass is 10.1. The predicted molar refractivity (Wildman–Crippen MR) is 70.7 cm³/mol. The number of thiophene rings is 1. The molecule has 2 aromatic rings. The van der Waals surface area contributed by atoms with E-state index in [0.29, 0.717) is 11.6 Å². The summed E-state index contributed by atoms with van der Waals surface area (Å²) in [6, 6.07) is 14.4. The summed E-state index contributed by atoms with van der Waals surface area (Å²) in [5, 5.41) is 14.4. The number of hydrogen-bond donors (Lipinski definition) is 1. The van der Waals surface area contributed by atoms with Crippen LogP contribution in [0, 0.1) is 11.3 Å². The highest BCUT2D eigenvalue weighted by atomic mass is 32.1. The molecule has 2 nitrogen and oxygen atoms in total. The third-order valence-corrected chi connectivity index (χ3v) is 3.69. The predicted octanol–water partition coefficient (Wildman–Crippen LogP) is 3.47. The molecule has 1 aromatic heterocycles. The van der Waals surface area contributed by atoms with Gasteiger partial charge < -0.3 is 5.32 Å². The average molecular weight is 242 g/mol. The average Bonchev–Trinajstić information content (AvgIpc) is 2.90. The van der Waals surface area contributed by atoms with Crippen LogP contribution in [0.5, 0.6) is 0 Å². The first kappa shape index (κ1) is 11.8. The van der Waals surface area contributed by atoms with Crippen LogP contribution in [0.2, 0.25) is 0 Å². The van der Waals surface area contributed by atoms with E-state index in [1.165, 1.54) is 4.88 Å². The highest BCUT2D eigenvalue weighted by Gasteiger charge is 2.05. The van der Waals surface area contributed by atoms with Crippen molar-refractivity contribution in [3.05, 3.63) is 57.8 Å². The number of rotatable bonds is 4. The molecular weight excluding hydrogens is 228 g/mol. The maximum absolute atomic E-state index is 8.82. The first-order chi connectivity index (χ1) is 8.29. The Labute approximate surface area is 106 Å². The zero-order valence-corrected chi connectivity index (χ0v) is 10.5. The molecule has 1 atom stereocenters. The second-order valence-corrected chi connectivity index (χ2v) is 4.91. The van der Waals surface area contributed by atoms with Crippen LogP contribution in [0.4, 0.5) is 0 Å². The van der Waals surface area contributed by atoms with E-state index in [1.807, 2.05) is 24.3 Å². The zero-order chi connectivity index (χ0) is 12.1. The third kappa shape index (κ3) is 3.16. The molecule has 1 aromatic carbocycles. The Morgan fingerprint density at radius 1 is 1.35 bits per heavy atom. The van der Waals surface area contributed by atoms with Crippen LogP contribution in [-0.4, -0.2) is 0 Å². The number of nitriles is 1. The highest BCUT2D eigenvalue weighted by Crippen LogP contribution is 2.18. The Balaban J connectivity index is 1.96. The van der Waals surface area contributed by atoms with Crippen molar-refractivity contribution in [2.24, 2.45) is 0 Å². The van der Waals surface area contributed by atoms with Crippen molar-refractivity contribution in [3.8, 4) is 6.07 Å². The van der Waals surface area contributed by atoms with Gasteiger partial charge in [0.1, 0.15) is 0 Å². The van der Waals surface area contributed by atoms with E-state index in [1.54, 1.807) is 11.3 Å². The topological polar surface area (TPSA) is 35.8 Å². The van der Waals surface area contributed by atoms with Gasteiger partial charge in [0.2, 0.25) is 0 Å². The molecule has 0 bridgehead atoms. The number of hydrogen-bond acceptors (Lipinski definition) is 3. The Kier molecular flexibility index (Phi) is 3.92. The molecule has 2 rings (SSSR count). The van der Waals surface area contributed by atoms with Gasteiger partial charge >= 0.3 is 0 Å². The highest BCUT2D eigenvalue weighted by molar-refractivity contribution is 7.10. The fourth-order valence-corrected chi connectivity index (χ4v) is 2.42. The van der Waals surface area contributed by atoms with E-state index < -0.39 is 0 Å². The van der Waals surface area contributed by atoms with E-state index in [4.69, 9.17) is 5.26 Å². The van der Waals surface area contributed by atoms with Crippen molar-refractivity contribution in [2.75, 3.05) is 0 Å².